The monoisotopic (exact) mass is 509 g/mol. The Kier molecular flexibility index (Phi) is 12.8. The lowest BCUT2D eigenvalue weighted by Crippen LogP contribution is -2.58. The summed E-state index contributed by atoms with van der Waals surface area (Å²) in [4.78, 5) is 60.9. The van der Waals surface area contributed by atoms with E-state index in [1.165, 1.54) is 0 Å². The van der Waals surface area contributed by atoms with Crippen LogP contribution in [0.3, 0.4) is 0 Å². The first kappa shape index (κ1) is 29.9. The lowest BCUT2D eigenvalue weighted by Gasteiger charge is -2.25. The van der Waals surface area contributed by atoms with E-state index in [4.69, 9.17) is 11.5 Å². The number of hydrogen-bond acceptors (Lipinski definition) is 7. The quantitative estimate of drug-likeness (QED) is 0.152. The standard InChI is InChI=1S/C23H35N5O6S/c1-13(2)10-17(23(33)34)27-21(31)16(8-9-19(25)29)26-22(32)18(12-35)28-20(30)15(24)11-14-6-4-3-5-7-14/h3-7,13,15-18,35H,8-12,24H2,1-2H3,(H2,25,29)(H,26,32)(H,27,31)(H,28,30)(H,33,34). The minimum atomic E-state index is -1.25. The Hall–Kier alpha value is -3.12. The molecule has 4 unspecified atom stereocenters. The van der Waals surface area contributed by atoms with E-state index in [1.807, 2.05) is 30.3 Å². The number of primary amides is 1. The highest BCUT2D eigenvalue weighted by molar-refractivity contribution is 7.80. The third-order valence-corrected chi connectivity index (χ3v) is 5.45. The molecular weight excluding hydrogens is 474 g/mol. The van der Waals surface area contributed by atoms with Gasteiger partial charge in [0.05, 0.1) is 6.04 Å². The third-order valence-electron chi connectivity index (χ3n) is 5.08. The Labute approximate surface area is 210 Å². The average molecular weight is 510 g/mol. The van der Waals surface area contributed by atoms with Crippen LogP contribution in [0.25, 0.3) is 0 Å². The first-order chi connectivity index (χ1) is 16.4. The molecule has 0 spiro atoms. The normalized spacial score (nSPS) is 14.3. The van der Waals surface area contributed by atoms with Gasteiger partial charge in [-0.05, 0) is 30.7 Å². The first-order valence-corrected chi connectivity index (χ1v) is 11.9. The Bertz CT molecular complexity index is 882. The number of nitrogens with one attached hydrogen (secondary N) is 3. The van der Waals surface area contributed by atoms with Crippen LogP contribution < -0.4 is 27.4 Å². The van der Waals surface area contributed by atoms with Gasteiger partial charge in [-0.3, -0.25) is 19.2 Å². The fourth-order valence-corrected chi connectivity index (χ4v) is 3.48. The van der Waals surface area contributed by atoms with Crippen molar-refractivity contribution in [2.75, 3.05) is 5.75 Å². The average Bonchev–Trinajstić information content (AvgIpc) is 2.79. The van der Waals surface area contributed by atoms with Gasteiger partial charge in [0.1, 0.15) is 18.1 Å². The molecule has 35 heavy (non-hydrogen) atoms. The minimum absolute atomic E-state index is 0.0149. The Morgan fingerprint density at radius 2 is 1.46 bits per heavy atom. The summed E-state index contributed by atoms with van der Waals surface area (Å²) in [7, 11) is 0. The van der Waals surface area contributed by atoms with E-state index in [2.05, 4.69) is 28.6 Å². The Morgan fingerprint density at radius 1 is 0.914 bits per heavy atom. The number of rotatable bonds is 15. The van der Waals surface area contributed by atoms with E-state index in [0.29, 0.717) is 0 Å². The number of hydrogen-bond donors (Lipinski definition) is 7. The molecular formula is C23H35N5O6S. The van der Waals surface area contributed by atoms with Gasteiger partial charge in [0.25, 0.3) is 0 Å². The largest absolute Gasteiger partial charge is 0.480 e. The summed E-state index contributed by atoms with van der Waals surface area (Å²) in [6.07, 6.45) is 0.0532. The van der Waals surface area contributed by atoms with Gasteiger partial charge >= 0.3 is 5.97 Å². The Morgan fingerprint density at radius 3 is 1.97 bits per heavy atom. The van der Waals surface area contributed by atoms with Gasteiger partial charge in [-0.1, -0.05) is 44.2 Å². The highest BCUT2D eigenvalue weighted by Gasteiger charge is 2.30. The summed E-state index contributed by atoms with van der Waals surface area (Å²) in [5, 5.41) is 16.7. The zero-order valence-corrected chi connectivity index (χ0v) is 20.8. The molecule has 0 heterocycles. The fraction of sp³-hybridized carbons (Fsp3) is 0.522. The smallest absolute Gasteiger partial charge is 0.326 e. The van der Waals surface area contributed by atoms with Gasteiger partial charge in [-0.2, -0.15) is 12.6 Å². The molecule has 0 aromatic heterocycles. The highest BCUT2D eigenvalue weighted by Crippen LogP contribution is 2.07. The van der Waals surface area contributed by atoms with Crippen molar-refractivity contribution in [1.82, 2.24) is 16.0 Å². The molecule has 0 aliphatic rings. The summed E-state index contributed by atoms with van der Waals surface area (Å²) in [5.74, 6) is -4.12. The van der Waals surface area contributed by atoms with Crippen molar-refractivity contribution >= 4 is 42.2 Å². The van der Waals surface area contributed by atoms with Crippen LogP contribution in [0, 0.1) is 5.92 Å². The number of carboxylic acid groups (broad SMARTS) is 1. The van der Waals surface area contributed by atoms with Crippen molar-refractivity contribution in [3.05, 3.63) is 35.9 Å². The lowest BCUT2D eigenvalue weighted by molar-refractivity contribution is -0.143. The van der Waals surface area contributed by atoms with Gasteiger partial charge in [0.15, 0.2) is 0 Å². The van der Waals surface area contributed by atoms with Crippen LogP contribution in [0.2, 0.25) is 0 Å². The second-order valence-electron chi connectivity index (χ2n) is 8.64. The topological polar surface area (TPSA) is 194 Å². The molecule has 0 bridgehead atoms. The summed E-state index contributed by atoms with van der Waals surface area (Å²) in [6, 6.07) is 4.64. The maximum Gasteiger partial charge on any atom is 0.326 e. The van der Waals surface area contributed by atoms with Crippen LogP contribution in [0.15, 0.2) is 30.3 Å². The summed E-state index contributed by atoms with van der Waals surface area (Å²) in [5.41, 5.74) is 12.0. The predicted molar refractivity (Wildman–Crippen MR) is 133 cm³/mol. The molecule has 0 aliphatic carbocycles. The first-order valence-electron chi connectivity index (χ1n) is 11.3. The van der Waals surface area contributed by atoms with Crippen molar-refractivity contribution in [3.8, 4) is 0 Å². The highest BCUT2D eigenvalue weighted by atomic mass is 32.1. The fourth-order valence-electron chi connectivity index (χ4n) is 3.23. The zero-order valence-electron chi connectivity index (χ0n) is 19.9. The molecule has 0 aliphatic heterocycles. The molecule has 8 N–H and O–H groups in total. The second-order valence-corrected chi connectivity index (χ2v) is 9.00. The molecule has 1 aromatic carbocycles. The number of carbonyl (C=O) groups excluding carboxylic acids is 4. The van der Waals surface area contributed by atoms with Crippen molar-refractivity contribution in [3.63, 3.8) is 0 Å². The van der Waals surface area contributed by atoms with Gasteiger partial charge in [0, 0.05) is 12.2 Å². The molecule has 1 aromatic rings. The second kappa shape index (κ2) is 15.0. The SMILES string of the molecule is CC(C)CC(NC(=O)C(CCC(N)=O)NC(=O)C(CS)NC(=O)C(N)Cc1ccccc1)C(=O)O. The van der Waals surface area contributed by atoms with Crippen LogP contribution in [0.5, 0.6) is 0 Å². The van der Waals surface area contributed by atoms with Crippen LogP contribution in [0.4, 0.5) is 0 Å². The third kappa shape index (κ3) is 11.2. The number of carbonyl (C=O) groups is 5. The molecule has 0 saturated heterocycles. The van der Waals surface area contributed by atoms with Crippen molar-refractivity contribution < 1.29 is 29.1 Å². The van der Waals surface area contributed by atoms with E-state index in [-0.39, 0.29) is 37.4 Å². The molecule has 11 nitrogen and oxygen atoms in total. The van der Waals surface area contributed by atoms with Gasteiger partial charge in [-0.25, -0.2) is 4.79 Å². The van der Waals surface area contributed by atoms with E-state index in [9.17, 15) is 29.1 Å². The summed E-state index contributed by atoms with van der Waals surface area (Å²) < 4.78 is 0. The minimum Gasteiger partial charge on any atom is -0.480 e. The Balaban J connectivity index is 2.86. The molecule has 194 valence electrons. The molecule has 0 radical (unpaired) electrons. The number of amides is 4. The predicted octanol–water partition coefficient (Wildman–Crippen LogP) is -0.663. The van der Waals surface area contributed by atoms with Crippen LogP contribution in [-0.4, -0.2) is 64.6 Å². The molecule has 4 amide bonds. The van der Waals surface area contributed by atoms with Crippen molar-refractivity contribution in [1.29, 1.82) is 0 Å². The van der Waals surface area contributed by atoms with Crippen molar-refractivity contribution in [2.45, 2.75) is 63.7 Å². The van der Waals surface area contributed by atoms with Gasteiger partial charge in [0.2, 0.25) is 23.6 Å². The van der Waals surface area contributed by atoms with E-state index in [1.54, 1.807) is 13.8 Å². The maximum absolute atomic E-state index is 12.8. The van der Waals surface area contributed by atoms with E-state index < -0.39 is 53.8 Å². The molecule has 0 fully saturated rings. The van der Waals surface area contributed by atoms with E-state index in [0.717, 1.165) is 5.56 Å². The van der Waals surface area contributed by atoms with Gasteiger partial charge < -0.3 is 32.5 Å². The molecule has 1 rings (SSSR count). The maximum atomic E-state index is 12.8. The van der Waals surface area contributed by atoms with Gasteiger partial charge in [-0.15, -0.1) is 0 Å². The molecule has 12 heteroatoms. The van der Waals surface area contributed by atoms with Crippen LogP contribution in [0.1, 0.15) is 38.7 Å². The van der Waals surface area contributed by atoms with E-state index >= 15 is 0 Å². The van der Waals surface area contributed by atoms with Crippen LogP contribution >= 0.6 is 12.6 Å². The number of aliphatic carboxylic acids is 1. The number of nitrogens with two attached hydrogens (primary N) is 2. The van der Waals surface area contributed by atoms with Crippen molar-refractivity contribution in [2.24, 2.45) is 17.4 Å². The summed E-state index contributed by atoms with van der Waals surface area (Å²) >= 11 is 4.11. The number of benzene rings is 1. The lowest BCUT2D eigenvalue weighted by atomic mass is 10.0. The molecule has 4 atom stereocenters. The van der Waals surface area contributed by atoms with Crippen LogP contribution in [-0.2, 0) is 30.4 Å². The zero-order chi connectivity index (χ0) is 26.5. The molecule has 0 saturated carbocycles. The number of carboxylic acids is 1. The summed E-state index contributed by atoms with van der Waals surface area (Å²) in [6.45, 7) is 3.60. The number of thiol groups is 1.